The van der Waals surface area contributed by atoms with Crippen molar-refractivity contribution in [1.29, 1.82) is 0 Å². The second-order valence-corrected chi connectivity index (χ2v) is 9.40. The third-order valence-corrected chi connectivity index (χ3v) is 5.84. The average Bonchev–Trinajstić information content (AvgIpc) is 2.81. The highest BCUT2D eigenvalue weighted by molar-refractivity contribution is 6.08. The van der Waals surface area contributed by atoms with E-state index in [9.17, 15) is 24.6 Å². The van der Waals surface area contributed by atoms with E-state index in [4.69, 9.17) is 5.21 Å². The maximum Gasteiger partial charge on any atom is 0.262 e. The Morgan fingerprint density at radius 2 is 1.42 bits per heavy atom. The Kier molecular flexibility index (Phi) is 10.7. The summed E-state index contributed by atoms with van der Waals surface area (Å²) < 4.78 is 0. The van der Waals surface area contributed by atoms with E-state index in [1.54, 1.807) is 34.6 Å². The number of benzene rings is 2. The Balaban J connectivity index is 2.02. The molecular weight excluding hydrogens is 462 g/mol. The number of aromatic hydroxyl groups is 2. The van der Waals surface area contributed by atoms with Gasteiger partial charge in [-0.05, 0) is 68.5 Å². The van der Waals surface area contributed by atoms with Crippen LogP contribution in [0.2, 0.25) is 0 Å². The molecule has 0 heterocycles. The molecule has 0 aliphatic carbocycles. The van der Waals surface area contributed by atoms with E-state index in [1.807, 2.05) is 27.7 Å². The number of rotatable bonds is 12. The summed E-state index contributed by atoms with van der Waals surface area (Å²) >= 11 is 0. The third-order valence-electron chi connectivity index (χ3n) is 5.84. The Morgan fingerprint density at radius 3 is 1.94 bits per heavy atom. The third kappa shape index (κ3) is 7.98. The standard InChI is InChI=1S/C27H37N3O6/c1-17(2)21-15-22(24(32)16-23(21)31)27(35)30(18(3)4)20-13-11-19(12-14-20)28-25(33)9-7-5-6-8-10-26(34)29-36/h11-18,31-32,36H,5-10H2,1-4H3,(H,28,33)(H,29,34). The molecule has 2 aromatic rings. The molecular formula is C27H37N3O6. The van der Waals surface area contributed by atoms with Crippen molar-refractivity contribution in [2.45, 2.75) is 78.2 Å². The molecule has 2 rings (SSSR count). The van der Waals surface area contributed by atoms with Gasteiger partial charge in [0, 0.05) is 36.3 Å². The minimum Gasteiger partial charge on any atom is -0.508 e. The van der Waals surface area contributed by atoms with Crippen LogP contribution in [0.5, 0.6) is 11.5 Å². The lowest BCUT2D eigenvalue weighted by Crippen LogP contribution is -2.37. The monoisotopic (exact) mass is 499 g/mol. The summed E-state index contributed by atoms with van der Waals surface area (Å²) in [4.78, 5) is 38.2. The number of unbranched alkanes of at least 4 members (excludes halogenated alkanes) is 3. The van der Waals surface area contributed by atoms with E-state index in [2.05, 4.69) is 5.32 Å². The zero-order chi connectivity index (χ0) is 26.8. The minimum absolute atomic E-state index is 0.0275. The molecule has 196 valence electrons. The fraction of sp³-hybridized carbons (Fsp3) is 0.444. The van der Waals surface area contributed by atoms with Crippen molar-refractivity contribution in [3.05, 3.63) is 47.5 Å². The van der Waals surface area contributed by atoms with Gasteiger partial charge in [0.05, 0.1) is 5.56 Å². The first kappa shape index (κ1) is 28.6. The van der Waals surface area contributed by atoms with Gasteiger partial charge in [-0.3, -0.25) is 19.6 Å². The van der Waals surface area contributed by atoms with Crippen LogP contribution in [0.15, 0.2) is 36.4 Å². The van der Waals surface area contributed by atoms with E-state index in [-0.39, 0.29) is 41.4 Å². The lowest BCUT2D eigenvalue weighted by atomic mass is 9.98. The maximum atomic E-state index is 13.4. The summed E-state index contributed by atoms with van der Waals surface area (Å²) in [5.74, 6) is -1.28. The number of anilines is 2. The number of phenols is 2. The molecule has 5 N–H and O–H groups in total. The first-order chi connectivity index (χ1) is 17.0. The van der Waals surface area contributed by atoms with Crippen LogP contribution in [0, 0.1) is 0 Å². The van der Waals surface area contributed by atoms with Crippen molar-refractivity contribution >= 4 is 29.1 Å². The van der Waals surface area contributed by atoms with Crippen LogP contribution >= 0.6 is 0 Å². The van der Waals surface area contributed by atoms with Crippen LogP contribution in [0.1, 0.15) is 88.1 Å². The number of phenolic OH excluding ortho intramolecular Hbond substituents is 2. The van der Waals surface area contributed by atoms with Gasteiger partial charge in [0.2, 0.25) is 11.8 Å². The fourth-order valence-electron chi connectivity index (χ4n) is 3.92. The van der Waals surface area contributed by atoms with Crippen molar-refractivity contribution < 1.29 is 29.8 Å². The van der Waals surface area contributed by atoms with Crippen molar-refractivity contribution in [3.8, 4) is 11.5 Å². The van der Waals surface area contributed by atoms with Gasteiger partial charge in [-0.15, -0.1) is 0 Å². The van der Waals surface area contributed by atoms with Crippen molar-refractivity contribution in [2.75, 3.05) is 10.2 Å². The molecule has 2 aromatic carbocycles. The molecule has 36 heavy (non-hydrogen) atoms. The highest BCUT2D eigenvalue weighted by Gasteiger charge is 2.25. The van der Waals surface area contributed by atoms with Gasteiger partial charge in [0.15, 0.2) is 0 Å². The van der Waals surface area contributed by atoms with E-state index in [0.29, 0.717) is 36.2 Å². The molecule has 9 nitrogen and oxygen atoms in total. The van der Waals surface area contributed by atoms with Crippen LogP contribution in [0.25, 0.3) is 0 Å². The number of amides is 3. The van der Waals surface area contributed by atoms with E-state index in [0.717, 1.165) is 12.8 Å². The lowest BCUT2D eigenvalue weighted by Gasteiger charge is -2.28. The van der Waals surface area contributed by atoms with Crippen molar-refractivity contribution in [3.63, 3.8) is 0 Å². The predicted octanol–water partition coefficient (Wildman–Crippen LogP) is 5.06. The van der Waals surface area contributed by atoms with Crippen LogP contribution in [0.3, 0.4) is 0 Å². The largest absolute Gasteiger partial charge is 0.508 e. The molecule has 0 unspecified atom stereocenters. The second-order valence-electron chi connectivity index (χ2n) is 9.40. The first-order valence-electron chi connectivity index (χ1n) is 12.3. The summed E-state index contributed by atoms with van der Waals surface area (Å²) in [7, 11) is 0. The topological polar surface area (TPSA) is 139 Å². The zero-order valence-electron chi connectivity index (χ0n) is 21.4. The highest BCUT2D eigenvalue weighted by atomic mass is 16.5. The van der Waals surface area contributed by atoms with Gasteiger partial charge in [-0.25, -0.2) is 5.48 Å². The molecule has 0 bridgehead atoms. The molecule has 0 radical (unpaired) electrons. The summed E-state index contributed by atoms with van der Waals surface area (Å²) in [6, 6.07) is 9.44. The van der Waals surface area contributed by atoms with Crippen molar-refractivity contribution in [1.82, 2.24) is 5.48 Å². The quantitative estimate of drug-likeness (QED) is 0.157. The zero-order valence-corrected chi connectivity index (χ0v) is 21.4. The van der Waals surface area contributed by atoms with E-state index in [1.165, 1.54) is 12.1 Å². The number of nitrogens with one attached hydrogen (secondary N) is 2. The average molecular weight is 500 g/mol. The summed E-state index contributed by atoms with van der Waals surface area (Å²) in [6.45, 7) is 7.52. The van der Waals surface area contributed by atoms with E-state index >= 15 is 0 Å². The Hall–Kier alpha value is -3.59. The number of carbonyl (C=O) groups excluding carboxylic acids is 3. The van der Waals surface area contributed by atoms with Crippen LogP contribution in [-0.4, -0.2) is 39.2 Å². The molecule has 0 spiro atoms. The molecule has 0 fully saturated rings. The molecule has 0 atom stereocenters. The number of carbonyl (C=O) groups is 3. The van der Waals surface area contributed by atoms with Gasteiger partial charge < -0.3 is 20.4 Å². The summed E-state index contributed by atoms with van der Waals surface area (Å²) in [5.41, 5.74) is 3.50. The second kappa shape index (κ2) is 13.5. The number of hydroxylamine groups is 1. The molecule has 3 amide bonds. The molecule has 0 aliphatic heterocycles. The summed E-state index contributed by atoms with van der Waals surface area (Å²) in [6.07, 6.45) is 3.55. The van der Waals surface area contributed by atoms with E-state index < -0.39 is 11.8 Å². The predicted molar refractivity (Wildman–Crippen MR) is 139 cm³/mol. The van der Waals surface area contributed by atoms with Crippen molar-refractivity contribution in [2.24, 2.45) is 0 Å². The maximum absolute atomic E-state index is 13.4. The fourth-order valence-corrected chi connectivity index (χ4v) is 3.92. The molecule has 0 saturated carbocycles. The SMILES string of the molecule is CC(C)c1cc(C(=O)N(c2ccc(NC(=O)CCCCCCC(=O)NO)cc2)C(C)C)c(O)cc1O. The smallest absolute Gasteiger partial charge is 0.262 e. The number of hydrogen-bond donors (Lipinski definition) is 5. The lowest BCUT2D eigenvalue weighted by molar-refractivity contribution is -0.129. The molecule has 9 heteroatoms. The van der Waals surface area contributed by atoms with Gasteiger partial charge in [0.25, 0.3) is 5.91 Å². The molecule has 0 aliphatic rings. The number of hydrogen-bond acceptors (Lipinski definition) is 6. The van der Waals surface area contributed by atoms with Crippen LogP contribution < -0.4 is 15.7 Å². The summed E-state index contributed by atoms with van der Waals surface area (Å²) in [5, 5.41) is 31.8. The molecule has 0 aromatic heterocycles. The van der Waals surface area contributed by atoms with Crippen LogP contribution in [-0.2, 0) is 9.59 Å². The van der Waals surface area contributed by atoms with Gasteiger partial charge in [0.1, 0.15) is 11.5 Å². The van der Waals surface area contributed by atoms with Gasteiger partial charge in [-0.2, -0.15) is 0 Å². The minimum atomic E-state index is -0.408. The van der Waals surface area contributed by atoms with Gasteiger partial charge >= 0.3 is 0 Å². The highest BCUT2D eigenvalue weighted by Crippen LogP contribution is 2.34. The normalized spacial score (nSPS) is 11.0. The van der Waals surface area contributed by atoms with Crippen LogP contribution in [0.4, 0.5) is 11.4 Å². The first-order valence-corrected chi connectivity index (χ1v) is 12.3. The van der Waals surface area contributed by atoms with Gasteiger partial charge in [-0.1, -0.05) is 26.7 Å². The molecule has 0 saturated heterocycles. The Bertz CT molecular complexity index is 1050. The Morgan fingerprint density at radius 1 is 0.833 bits per heavy atom. The number of nitrogens with zero attached hydrogens (tertiary/aromatic N) is 1. The Labute approximate surface area is 212 Å².